The van der Waals surface area contributed by atoms with Gasteiger partial charge in [-0.1, -0.05) is 0 Å². The van der Waals surface area contributed by atoms with E-state index >= 15 is 0 Å². The minimum atomic E-state index is -4.94. The Morgan fingerprint density at radius 2 is 1.92 bits per heavy atom. The molecule has 0 spiro atoms. The van der Waals surface area contributed by atoms with Crippen LogP contribution in [0.5, 0.6) is 0 Å². The lowest BCUT2D eigenvalue weighted by Crippen LogP contribution is -2.09. The van der Waals surface area contributed by atoms with Crippen molar-refractivity contribution in [3.63, 3.8) is 0 Å². The molecule has 2 aromatic heterocycles. The van der Waals surface area contributed by atoms with Crippen LogP contribution >= 0.6 is 23.3 Å². The largest absolute Gasteiger partial charge is 0.419 e. The summed E-state index contributed by atoms with van der Waals surface area (Å²) in [4.78, 5) is 7.73. The molecule has 10 heteroatoms. The maximum Gasteiger partial charge on any atom is 0.419 e. The first-order chi connectivity index (χ1) is 11.3. The smallest absolute Gasteiger partial charge is 0.358 e. The van der Waals surface area contributed by atoms with Gasteiger partial charge in [0.1, 0.15) is 16.6 Å². The van der Waals surface area contributed by atoms with Gasteiger partial charge in [-0.3, -0.25) is 0 Å². The standard InChI is InChI=1S/C14H8F5N3S2/c15-9-5-11(10(16)4-8(9)14(17,18)19)22-24-7-3-12(21-6-7)13-20-1-2-23-13/h1-6,21-22H. The summed E-state index contributed by atoms with van der Waals surface area (Å²) in [6, 6.07) is 2.35. The third-order valence-electron chi connectivity index (χ3n) is 2.96. The van der Waals surface area contributed by atoms with Gasteiger partial charge in [0, 0.05) is 28.7 Å². The van der Waals surface area contributed by atoms with E-state index < -0.39 is 23.4 Å². The summed E-state index contributed by atoms with van der Waals surface area (Å²) in [6.45, 7) is 0. The van der Waals surface area contributed by atoms with Gasteiger partial charge in [0.15, 0.2) is 0 Å². The molecule has 24 heavy (non-hydrogen) atoms. The van der Waals surface area contributed by atoms with Crippen molar-refractivity contribution in [2.24, 2.45) is 0 Å². The van der Waals surface area contributed by atoms with E-state index in [9.17, 15) is 22.0 Å². The molecule has 0 unspecified atom stereocenters. The molecule has 3 aromatic rings. The van der Waals surface area contributed by atoms with Gasteiger partial charge < -0.3 is 9.71 Å². The van der Waals surface area contributed by atoms with Gasteiger partial charge in [0.05, 0.1) is 16.9 Å². The zero-order valence-corrected chi connectivity index (χ0v) is 13.3. The van der Waals surface area contributed by atoms with Crippen molar-refractivity contribution in [1.29, 1.82) is 0 Å². The number of alkyl halides is 3. The van der Waals surface area contributed by atoms with Gasteiger partial charge in [-0.25, -0.2) is 13.8 Å². The molecule has 0 atom stereocenters. The first-order valence-corrected chi connectivity index (χ1v) is 8.11. The summed E-state index contributed by atoms with van der Waals surface area (Å²) < 4.78 is 67.3. The van der Waals surface area contributed by atoms with E-state index in [2.05, 4.69) is 14.7 Å². The van der Waals surface area contributed by atoms with Crippen LogP contribution in [0.15, 0.2) is 40.9 Å². The fraction of sp³-hybridized carbons (Fsp3) is 0.0714. The topological polar surface area (TPSA) is 40.7 Å². The zero-order chi connectivity index (χ0) is 17.3. The van der Waals surface area contributed by atoms with E-state index in [4.69, 9.17) is 0 Å². The molecule has 2 heterocycles. The van der Waals surface area contributed by atoms with Crippen LogP contribution < -0.4 is 4.72 Å². The molecule has 1 aromatic carbocycles. The zero-order valence-electron chi connectivity index (χ0n) is 11.6. The van der Waals surface area contributed by atoms with Crippen LogP contribution in [0.2, 0.25) is 0 Å². The quantitative estimate of drug-likeness (QED) is 0.462. The Balaban J connectivity index is 1.74. The average molecular weight is 377 g/mol. The second-order valence-corrected chi connectivity index (χ2v) is 6.37. The van der Waals surface area contributed by atoms with Crippen molar-refractivity contribution in [2.75, 3.05) is 4.72 Å². The van der Waals surface area contributed by atoms with Crippen LogP contribution in [-0.4, -0.2) is 9.97 Å². The number of anilines is 1. The van der Waals surface area contributed by atoms with Gasteiger partial charge in [-0.05, 0) is 24.1 Å². The van der Waals surface area contributed by atoms with E-state index in [1.54, 1.807) is 18.5 Å². The number of thiazole rings is 1. The highest BCUT2D eigenvalue weighted by molar-refractivity contribution is 8.00. The number of hydrogen-bond acceptors (Lipinski definition) is 4. The van der Waals surface area contributed by atoms with Crippen molar-refractivity contribution >= 4 is 29.0 Å². The third kappa shape index (κ3) is 3.54. The highest BCUT2D eigenvalue weighted by atomic mass is 32.2. The summed E-state index contributed by atoms with van der Waals surface area (Å²) in [5.74, 6) is -2.73. The maximum absolute atomic E-state index is 13.7. The number of benzene rings is 1. The molecule has 0 aliphatic rings. The van der Waals surface area contributed by atoms with E-state index in [0.717, 1.165) is 22.6 Å². The van der Waals surface area contributed by atoms with Crippen molar-refractivity contribution in [3.8, 4) is 10.7 Å². The summed E-state index contributed by atoms with van der Waals surface area (Å²) >= 11 is 2.36. The van der Waals surface area contributed by atoms with Crippen molar-refractivity contribution in [3.05, 3.63) is 53.2 Å². The number of aromatic nitrogens is 2. The molecule has 3 nitrogen and oxygen atoms in total. The summed E-state index contributed by atoms with van der Waals surface area (Å²) in [6.07, 6.45) is -1.68. The molecule has 0 aliphatic carbocycles. The molecular weight excluding hydrogens is 369 g/mol. The molecule has 126 valence electrons. The Hall–Kier alpha value is -2.07. The molecule has 2 N–H and O–H groups in total. The Morgan fingerprint density at radius 1 is 1.12 bits per heavy atom. The van der Waals surface area contributed by atoms with Gasteiger partial charge in [0.25, 0.3) is 0 Å². The Morgan fingerprint density at radius 3 is 2.58 bits per heavy atom. The molecule has 0 radical (unpaired) electrons. The number of nitrogens with zero attached hydrogens (tertiary/aromatic N) is 1. The highest BCUT2D eigenvalue weighted by Gasteiger charge is 2.35. The molecule has 0 amide bonds. The number of nitrogens with one attached hydrogen (secondary N) is 2. The van der Waals surface area contributed by atoms with Crippen LogP contribution in [0.4, 0.5) is 27.6 Å². The second kappa shape index (κ2) is 6.44. The second-order valence-electron chi connectivity index (χ2n) is 4.60. The van der Waals surface area contributed by atoms with Crippen LogP contribution in [0.1, 0.15) is 5.56 Å². The van der Waals surface area contributed by atoms with Crippen molar-refractivity contribution < 1.29 is 22.0 Å². The van der Waals surface area contributed by atoms with Crippen molar-refractivity contribution in [2.45, 2.75) is 11.1 Å². The van der Waals surface area contributed by atoms with Gasteiger partial charge in [0.2, 0.25) is 0 Å². The molecule has 0 saturated heterocycles. The van der Waals surface area contributed by atoms with Gasteiger partial charge >= 0.3 is 6.18 Å². The number of aromatic amines is 1. The fourth-order valence-electron chi connectivity index (χ4n) is 1.87. The highest BCUT2D eigenvalue weighted by Crippen LogP contribution is 2.35. The van der Waals surface area contributed by atoms with E-state index in [0.29, 0.717) is 11.0 Å². The predicted molar refractivity (Wildman–Crippen MR) is 82.7 cm³/mol. The molecule has 0 fully saturated rings. The lowest BCUT2D eigenvalue weighted by atomic mass is 10.2. The maximum atomic E-state index is 13.7. The monoisotopic (exact) mass is 377 g/mol. The number of rotatable bonds is 4. The van der Waals surface area contributed by atoms with Crippen LogP contribution in [0, 0.1) is 11.6 Å². The first-order valence-electron chi connectivity index (χ1n) is 6.42. The summed E-state index contributed by atoms with van der Waals surface area (Å²) in [5, 5.41) is 2.57. The lowest BCUT2D eigenvalue weighted by molar-refractivity contribution is -0.140. The SMILES string of the molecule is Fc1cc(C(F)(F)F)c(F)cc1NSc1c[nH]c(-c2nccs2)c1. The molecule has 0 bridgehead atoms. The fourth-order valence-corrected chi connectivity index (χ4v) is 3.17. The summed E-state index contributed by atoms with van der Waals surface area (Å²) in [5.41, 5.74) is -1.26. The minimum Gasteiger partial charge on any atom is -0.358 e. The van der Waals surface area contributed by atoms with Crippen LogP contribution in [-0.2, 0) is 6.18 Å². The number of hydrogen-bond donors (Lipinski definition) is 2. The molecule has 0 aliphatic heterocycles. The molecular formula is C14H8F5N3S2. The predicted octanol–water partition coefficient (Wildman–Crippen LogP) is 5.55. The Bertz CT molecular complexity index is 843. The van der Waals surface area contributed by atoms with Gasteiger partial charge in [-0.2, -0.15) is 13.2 Å². The molecule has 3 rings (SSSR count). The Labute approximate surface area is 141 Å². The summed E-state index contributed by atoms with van der Waals surface area (Å²) in [7, 11) is 0. The number of H-pyrrole nitrogens is 1. The average Bonchev–Trinajstić information content (AvgIpc) is 3.16. The van der Waals surface area contributed by atoms with Crippen LogP contribution in [0.3, 0.4) is 0 Å². The molecule has 0 saturated carbocycles. The lowest BCUT2D eigenvalue weighted by Gasteiger charge is -2.11. The van der Waals surface area contributed by atoms with Crippen LogP contribution in [0.25, 0.3) is 10.7 Å². The normalized spacial score (nSPS) is 11.7. The van der Waals surface area contributed by atoms with E-state index in [1.165, 1.54) is 11.3 Å². The van der Waals surface area contributed by atoms with E-state index in [-0.39, 0.29) is 11.8 Å². The minimum absolute atomic E-state index is 0.135. The first kappa shape index (κ1) is 16.8. The number of halogens is 5. The van der Waals surface area contributed by atoms with E-state index in [1.807, 2.05) is 5.38 Å². The van der Waals surface area contributed by atoms with Gasteiger partial charge in [-0.15, -0.1) is 11.3 Å². The van der Waals surface area contributed by atoms with Crippen molar-refractivity contribution in [1.82, 2.24) is 9.97 Å². The Kier molecular flexibility index (Phi) is 4.50. The third-order valence-corrected chi connectivity index (χ3v) is 4.56.